The lowest BCUT2D eigenvalue weighted by Crippen LogP contribution is -2.21. The number of carboxylic acids is 1. The number of carbonyl (C=O) groups is 2. The van der Waals surface area contributed by atoms with E-state index in [0.717, 1.165) is 12.8 Å². The molecule has 0 atom stereocenters. The number of primary amides is 1. The molecular weight excluding hydrogens is 244 g/mol. The molecule has 5 N–H and O–H groups in total. The second kappa shape index (κ2) is 16.9. The number of nitrogens with two attached hydrogens (primary N) is 2. The van der Waals surface area contributed by atoms with Crippen LogP contribution in [0.2, 0.25) is 0 Å². The van der Waals surface area contributed by atoms with Crippen molar-refractivity contribution in [3.8, 4) is 0 Å². The van der Waals surface area contributed by atoms with Gasteiger partial charge in [0.1, 0.15) is 0 Å². The van der Waals surface area contributed by atoms with E-state index in [4.69, 9.17) is 10.8 Å². The molecule has 0 aliphatic heterocycles. The van der Waals surface area contributed by atoms with Crippen LogP contribution in [0.5, 0.6) is 0 Å². The van der Waals surface area contributed by atoms with Crippen LogP contribution in [-0.4, -0.2) is 23.5 Å². The summed E-state index contributed by atoms with van der Waals surface area (Å²) in [5, 5.41) is 8.41. The highest BCUT2D eigenvalue weighted by molar-refractivity contribution is 5.75. The molecule has 0 fully saturated rings. The minimum atomic E-state index is -0.659. The van der Waals surface area contributed by atoms with Crippen molar-refractivity contribution in [1.29, 1.82) is 0 Å². The first-order chi connectivity index (χ1) is 9.04. The molecule has 0 heterocycles. The fraction of sp³-hybridized carbons (Fsp3) is 0.857. The molecule has 1 amide bonds. The third-order valence-electron chi connectivity index (χ3n) is 2.70. The van der Waals surface area contributed by atoms with Crippen molar-refractivity contribution in [3.63, 3.8) is 0 Å². The molecule has 0 spiro atoms. The molecule has 0 rings (SSSR count). The number of aliphatic carboxylic acids is 1. The van der Waals surface area contributed by atoms with Crippen molar-refractivity contribution < 1.29 is 14.7 Å². The highest BCUT2D eigenvalue weighted by atomic mass is 16.4. The maximum atomic E-state index is 10.2. The average Bonchev–Trinajstić information content (AvgIpc) is 2.37. The first-order valence-corrected chi connectivity index (χ1v) is 7.24. The number of carboxylic acid groups (broad SMARTS) is 1. The van der Waals surface area contributed by atoms with Gasteiger partial charge >= 0.3 is 5.97 Å². The van der Waals surface area contributed by atoms with Gasteiger partial charge in [0.25, 0.3) is 0 Å². The Morgan fingerprint density at radius 3 is 1.58 bits per heavy atom. The maximum Gasteiger partial charge on any atom is 0.303 e. The molecule has 0 aromatic carbocycles. The summed E-state index contributed by atoms with van der Waals surface area (Å²) in [4.78, 5) is 19.7. The van der Waals surface area contributed by atoms with E-state index in [1.807, 2.05) is 0 Å². The molecule has 5 heteroatoms. The highest BCUT2D eigenvalue weighted by Gasteiger charge is 1.96. The Morgan fingerprint density at radius 2 is 1.26 bits per heavy atom. The Labute approximate surface area is 116 Å². The summed E-state index contributed by atoms with van der Waals surface area (Å²) in [6.07, 6.45) is 11.5. The van der Waals surface area contributed by atoms with Crippen LogP contribution in [0.15, 0.2) is 0 Å². The van der Waals surface area contributed by atoms with Gasteiger partial charge in [0.2, 0.25) is 5.91 Å². The zero-order chi connectivity index (χ0) is 14.9. The SMILES string of the molecule is CCCCCCCCCCCC(=O)O.NCC(N)=O. The first-order valence-electron chi connectivity index (χ1n) is 7.24. The van der Waals surface area contributed by atoms with E-state index in [1.165, 1.54) is 44.9 Å². The predicted octanol–water partition coefficient (Wildman–Crippen LogP) is 2.42. The minimum Gasteiger partial charge on any atom is -0.481 e. The molecule has 0 aromatic heterocycles. The minimum absolute atomic E-state index is 0.0556. The number of unbranched alkanes of at least 4 members (excludes halogenated alkanes) is 8. The molecule has 0 aromatic rings. The molecule has 19 heavy (non-hydrogen) atoms. The smallest absolute Gasteiger partial charge is 0.303 e. The molecule has 0 aliphatic rings. The first kappa shape index (κ1) is 20.2. The standard InChI is InChI=1S/C12H24O2.C2H6N2O/c1-2-3-4-5-6-7-8-9-10-11-12(13)14;3-1-2(4)5/h2-11H2,1H3,(H,13,14);1,3H2,(H2,4,5). The molecule has 0 aliphatic carbocycles. The third kappa shape index (κ3) is 26.5. The van der Waals surface area contributed by atoms with E-state index in [2.05, 4.69) is 12.7 Å². The van der Waals surface area contributed by atoms with Crippen LogP contribution in [-0.2, 0) is 9.59 Å². The summed E-state index contributed by atoms with van der Waals surface area (Å²) in [6.45, 7) is 2.17. The van der Waals surface area contributed by atoms with Crippen molar-refractivity contribution in [3.05, 3.63) is 0 Å². The topological polar surface area (TPSA) is 106 Å². The summed E-state index contributed by atoms with van der Waals surface area (Å²) in [5.41, 5.74) is 9.22. The van der Waals surface area contributed by atoms with E-state index in [9.17, 15) is 9.59 Å². The van der Waals surface area contributed by atoms with E-state index in [1.54, 1.807) is 0 Å². The van der Waals surface area contributed by atoms with Gasteiger partial charge in [0.15, 0.2) is 0 Å². The van der Waals surface area contributed by atoms with Crippen molar-refractivity contribution in [2.24, 2.45) is 11.5 Å². The lowest BCUT2D eigenvalue weighted by atomic mass is 10.1. The van der Waals surface area contributed by atoms with Crippen molar-refractivity contribution in [2.45, 2.75) is 71.1 Å². The van der Waals surface area contributed by atoms with Crippen LogP contribution in [0.3, 0.4) is 0 Å². The van der Waals surface area contributed by atoms with E-state index in [-0.39, 0.29) is 6.54 Å². The van der Waals surface area contributed by atoms with E-state index < -0.39 is 11.9 Å². The van der Waals surface area contributed by atoms with Crippen LogP contribution in [0.1, 0.15) is 71.1 Å². The van der Waals surface area contributed by atoms with Gasteiger partial charge in [-0.25, -0.2) is 0 Å². The molecule has 0 saturated carbocycles. The fourth-order valence-corrected chi connectivity index (χ4v) is 1.59. The zero-order valence-corrected chi connectivity index (χ0v) is 12.2. The Morgan fingerprint density at radius 1 is 0.895 bits per heavy atom. The Balaban J connectivity index is 0. The average molecular weight is 274 g/mol. The Bertz CT molecular complexity index is 221. The normalized spacial score (nSPS) is 9.58. The molecule has 0 radical (unpaired) electrons. The van der Waals surface area contributed by atoms with Crippen molar-refractivity contribution in [1.82, 2.24) is 0 Å². The van der Waals surface area contributed by atoms with Crippen LogP contribution >= 0.6 is 0 Å². The summed E-state index contributed by atoms with van der Waals surface area (Å²) >= 11 is 0. The number of hydrogen-bond acceptors (Lipinski definition) is 3. The zero-order valence-electron chi connectivity index (χ0n) is 12.2. The Kier molecular flexibility index (Phi) is 18.0. The number of rotatable bonds is 11. The molecule has 114 valence electrons. The summed E-state index contributed by atoms with van der Waals surface area (Å²) in [7, 11) is 0. The van der Waals surface area contributed by atoms with Crippen LogP contribution in [0, 0.1) is 0 Å². The van der Waals surface area contributed by atoms with Gasteiger partial charge in [-0.05, 0) is 6.42 Å². The third-order valence-corrected chi connectivity index (χ3v) is 2.70. The monoisotopic (exact) mass is 274 g/mol. The molecule has 0 saturated heterocycles. The van der Waals surface area contributed by atoms with Gasteiger partial charge < -0.3 is 16.6 Å². The van der Waals surface area contributed by atoms with Gasteiger partial charge in [-0.15, -0.1) is 0 Å². The van der Waals surface area contributed by atoms with Gasteiger partial charge in [0, 0.05) is 6.42 Å². The molecule has 5 nitrogen and oxygen atoms in total. The van der Waals surface area contributed by atoms with Crippen LogP contribution in [0.4, 0.5) is 0 Å². The lowest BCUT2D eigenvalue weighted by molar-refractivity contribution is -0.137. The largest absolute Gasteiger partial charge is 0.481 e. The van der Waals surface area contributed by atoms with Crippen LogP contribution in [0.25, 0.3) is 0 Å². The van der Waals surface area contributed by atoms with E-state index >= 15 is 0 Å². The summed E-state index contributed by atoms with van der Waals surface area (Å²) in [5.74, 6) is -1.13. The molecule has 0 bridgehead atoms. The summed E-state index contributed by atoms with van der Waals surface area (Å²) in [6, 6.07) is 0. The van der Waals surface area contributed by atoms with E-state index in [0.29, 0.717) is 6.42 Å². The van der Waals surface area contributed by atoms with Gasteiger partial charge in [-0.1, -0.05) is 58.3 Å². The van der Waals surface area contributed by atoms with Crippen LogP contribution < -0.4 is 11.5 Å². The maximum absolute atomic E-state index is 10.2. The number of amides is 1. The van der Waals surface area contributed by atoms with Crippen molar-refractivity contribution in [2.75, 3.05) is 6.54 Å². The summed E-state index contributed by atoms with van der Waals surface area (Å²) < 4.78 is 0. The Hall–Kier alpha value is -1.10. The van der Waals surface area contributed by atoms with Gasteiger partial charge in [0.05, 0.1) is 6.54 Å². The second-order valence-corrected chi connectivity index (χ2v) is 4.64. The molecule has 0 unspecified atom stereocenters. The molecular formula is C14H30N2O3. The predicted molar refractivity (Wildman–Crippen MR) is 77.7 cm³/mol. The lowest BCUT2D eigenvalue weighted by Gasteiger charge is -2.00. The van der Waals surface area contributed by atoms with Gasteiger partial charge in [-0.3, -0.25) is 9.59 Å². The number of hydrogen-bond donors (Lipinski definition) is 3. The highest BCUT2D eigenvalue weighted by Crippen LogP contribution is 2.10. The van der Waals surface area contributed by atoms with Gasteiger partial charge in [-0.2, -0.15) is 0 Å². The van der Waals surface area contributed by atoms with Crippen molar-refractivity contribution >= 4 is 11.9 Å². The fourth-order valence-electron chi connectivity index (χ4n) is 1.59. The number of carbonyl (C=O) groups excluding carboxylic acids is 1. The second-order valence-electron chi connectivity index (χ2n) is 4.64. The quantitative estimate of drug-likeness (QED) is 0.503.